The lowest BCUT2D eigenvalue weighted by atomic mass is 10.2. The van der Waals surface area contributed by atoms with E-state index in [1.165, 1.54) is 6.07 Å². The van der Waals surface area contributed by atoms with Gasteiger partial charge in [-0.25, -0.2) is 0 Å². The monoisotopic (exact) mass is 277 g/mol. The first-order valence-electron chi connectivity index (χ1n) is 6.11. The summed E-state index contributed by atoms with van der Waals surface area (Å²) in [4.78, 5) is 22.3. The fraction of sp³-hybridized carbons (Fsp3) is 0.308. The van der Waals surface area contributed by atoms with Gasteiger partial charge in [-0.05, 0) is 6.07 Å². The molecular weight excluding hydrogens is 262 g/mol. The lowest BCUT2D eigenvalue weighted by molar-refractivity contribution is -0.383. The average Bonchev–Trinajstić information content (AvgIpc) is 2.82. The van der Waals surface area contributed by atoms with E-state index in [0.29, 0.717) is 18.7 Å². The molecule has 0 aliphatic heterocycles. The van der Waals surface area contributed by atoms with Gasteiger partial charge < -0.3 is 14.6 Å². The molecule has 0 saturated heterocycles. The summed E-state index contributed by atoms with van der Waals surface area (Å²) in [6, 6.07) is 6.59. The number of nitrogens with one attached hydrogen (secondary N) is 1. The standard InChI is InChI=1S/C13H15N3O4/c1-20-8-6-14-12(17)9-15-7-5-10-3-2-4-11(13(10)15)16(18)19/h2-5,7H,6,8-9H2,1H3,(H,14,17). The zero-order valence-corrected chi connectivity index (χ0v) is 11.0. The van der Waals surface area contributed by atoms with Crippen LogP contribution < -0.4 is 5.32 Å². The van der Waals surface area contributed by atoms with Gasteiger partial charge in [0.2, 0.25) is 5.91 Å². The van der Waals surface area contributed by atoms with Crippen molar-refractivity contribution in [2.24, 2.45) is 0 Å². The van der Waals surface area contributed by atoms with E-state index in [4.69, 9.17) is 4.74 Å². The minimum Gasteiger partial charge on any atom is -0.383 e. The summed E-state index contributed by atoms with van der Waals surface area (Å²) in [5.74, 6) is -0.210. The quantitative estimate of drug-likeness (QED) is 0.490. The molecule has 0 atom stereocenters. The smallest absolute Gasteiger partial charge is 0.293 e. The van der Waals surface area contributed by atoms with Crippen molar-refractivity contribution in [3.8, 4) is 0 Å². The van der Waals surface area contributed by atoms with Crippen LogP contribution >= 0.6 is 0 Å². The number of carbonyl (C=O) groups excluding carboxylic acids is 1. The third-order valence-electron chi connectivity index (χ3n) is 2.91. The highest BCUT2D eigenvalue weighted by Gasteiger charge is 2.16. The first-order chi connectivity index (χ1) is 9.63. The predicted molar refractivity (Wildman–Crippen MR) is 73.5 cm³/mol. The lowest BCUT2D eigenvalue weighted by Crippen LogP contribution is -2.30. The minimum absolute atomic E-state index is 0.00260. The van der Waals surface area contributed by atoms with E-state index >= 15 is 0 Å². The molecule has 0 spiro atoms. The fourth-order valence-electron chi connectivity index (χ4n) is 2.02. The Morgan fingerprint density at radius 2 is 2.25 bits per heavy atom. The number of fused-ring (bicyclic) bond motifs is 1. The van der Waals surface area contributed by atoms with E-state index in [0.717, 1.165) is 5.39 Å². The lowest BCUT2D eigenvalue weighted by Gasteiger charge is -2.07. The van der Waals surface area contributed by atoms with Crippen LogP contribution in [-0.2, 0) is 16.1 Å². The van der Waals surface area contributed by atoms with E-state index < -0.39 is 4.92 Å². The van der Waals surface area contributed by atoms with Crippen molar-refractivity contribution in [3.05, 3.63) is 40.6 Å². The zero-order chi connectivity index (χ0) is 14.5. The summed E-state index contributed by atoms with van der Waals surface area (Å²) in [6.45, 7) is 0.882. The van der Waals surface area contributed by atoms with Gasteiger partial charge >= 0.3 is 0 Å². The number of nitrogens with zero attached hydrogens (tertiary/aromatic N) is 2. The molecule has 20 heavy (non-hydrogen) atoms. The third kappa shape index (κ3) is 2.94. The van der Waals surface area contributed by atoms with E-state index in [9.17, 15) is 14.9 Å². The van der Waals surface area contributed by atoms with Crippen LogP contribution in [0.15, 0.2) is 30.5 Å². The van der Waals surface area contributed by atoms with Gasteiger partial charge in [0.15, 0.2) is 0 Å². The Bertz CT molecular complexity index is 636. The van der Waals surface area contributed by atoms with Gasteiger partial charge in [-0.2, -0.15) is 0 Å². The number of nitro benzene ring substituents is 1. The van der Waals surface area contributed by atoms with Crippen LogP contribution in [0.25, 0.3) is 10.9 Å². The van der Waals surface area contributed by atoms with Crippen molar-refractivity contribution in [2.75, 3.05) is 20.3 Å². The second-order valence-corrected chi connectivity index (χ2v) is 4.26. The molecule has 0 radical (unpaired) electrons. The van der Waals surface area contributed by atoms with Gasteiger partial charge in [0, 0.05) is 31.3 Å². The summed E-state index contributed by atoms with van der Waals surface area (Å²) < 4.78 is 6.42. The second kappa shape index (κ2) is 6.16. The molecule has 1 aromatic carbocycles. The molecule has 1 N–H and O–H groups in total. The summed E-state index contributed by atoms with van der Waals surface area (Å²) in [5, 5.41) is 14.5. The Balaban J connectivity index is 2.22. The Morgan fingerprint density at radius 1 is 1.45 bits per heavy atom. The number of hydrogen-bond acceptors (Lipinski definition) is 4. The largest absolute Gasteiger partial charge is 0.383 e. The Kier molecular flexibility index (Phi) is 4.31. The number of benzene rings is 1. The van der Waals surface area contributed by atoms with Gasteiger partial charge in [0.05, 0.1) is 11.5 Å². The molecule has 0 fully saturated rings. The summed E-state index contributed by atoms with van der Waals surface area (Å²) in [7, 11) is 1.55. The topological polar surface area (TPSA) is 86.4 Å². The van der Waals surface area contributed by atoms with E-state index in [-0.39, 0.29) is 18.1 Å². The molecule has 2 rings (SSSR count). The van der Waals surface area contributed by atoms with Crippen molar-refractivity contribution >= 4 is 22.5 Å². The van der Waals surface area contributed by atoms with Crippen LogP contribution in [0.4, 0.5) is 5.69 Å². The highest BCUT2D eigenvalue weighted by atomic mass is 16.6. The van der Waals surface area contributed by atoms with Crippen molar-refractivity contribution in [2.45, 2.75) is 6.54 Å². The Hall–Kier alpha value is -2.41. The van der Waals surface area contributed by atoms with Crippen molar-refractivity contribution in [1.29, 1.82) is 0 Å². The van der Waals surface area contributed by atoms with Crippen LogP contribution in [0.2, 0.25) is 0 Å². The Labute approximate surface area is 115 Å². The number of carbonyl (C=O) groups is 1. The minimum atomic E-state index is -0.443. The van der Waals surface area contributed by atoms with Crippen LogP contribution in [-0.4, -0.2) is 35.7 Å². The molecule has 0 aliphatic rings. The zero-order valence-electron chi connectivity index (χ0n) is 11.0. The van der Waals surface area contributed by atoms with Crippen LogP contribution in [0.3, 0.4) is 0 Å². The maximum absolute atomic E-state index is 11.8. The van der Waals surface area contributed by atoms with Gasteiger partial charge in [0.1, 0.15) is 12.1 Å². The van der Waals surface area contributed by atoms with Gasteiger partial charge in [-0.3, -0.25) is 14.9 Å². The molecule has 1 heterocycles. The average molecular weight is 277 g/mol. The predicted octanol–water partition coefficient (Wildman–Crippen LogP) is 1.31. The molecule has 1 aromatic heterocycles. The van der Waals surface area contributed by atoms with E-state index in [1.54, 1.807) is 36.1 Å². The van der Waals surface area contributed by atoms with Crippen molar-refractivity contribution < 1.29 is 14.5 Å². The van der Waals surface area contributed by atoms with Crippen LogP contribution in [0, 0.1) is 10.1 Å². The third-order valence-corrected chi connectivity index (χ3v) is 2.91. The molecule has 1 amide bonds. The normalized spacial score (nSPS) is 10.7. The maximum atomic E-state index is 11.8. The van der Waals surface area contributed by atoms with Crippen LogP contribution in [0.5, 0.6) is 0 Å². The molecule has 106 valence electrons. The number of aromatic nitrogens is 1. The van der Waals surface area contributed by atoms with E-state index in [1.807, 2.05) is 0 Å². The summed E-state index contributed by atoms with van der Waals surface area (Å²) in [6.07, 6.45) is 1.67. The molecule has 0 unspecified atom stereocenters. The number of nitro groups is 1. The van der Waals surface area contributed by atoms with E-state index in [2.05, 4.69) is 5.32 Å². The number of amides is 1. The highest BCUT2D eigenvalue weighted by Crippen LogP contribution is 2.26. The number of ether oxygens (including phenoxy) is 1. The Morgan fingerprint density at radius 3 is 2.95 bits per heavy atom. The number of non-ortho nitro benzene ring substituents is 1. The maximum Gasteiger partial charge on any atom is 0.293 e. The number of hydrogen-bond donors (Lipinski definition) is 1. The number of rotatable bonds is 6. The molecule has 0 bridgehead atoms. The second-order valence-electron chi connectivity index (χ2n) is 4.26. The van der Waals surface area contributed by atoms with Gasteiger partial charge in [0.25, 0.3) is 5.69 Å². The molecule has 7 heteroatoms. The van der Waals surface area contributed by atoms with Gasteiger partial charge in [-0.15, -0.1) is 0 Å². The fourth-order valence-corrected chi connectivity index (χ4v) is 2.02. The summed E-state index contributed by atoms with van der Waals surface area (Å²) in [5.41, 5.74) is 0.455. The van der Waals surface area contributed by atoms with Crippen molar-refractivity contribution in [1.82, 2.24) is 9.88 Å². The first-order valence-corrected chi connectivity index (χ1v) is 6.11. The molecule has 2 aromatic rings. The molecular formula is C13H15N3O4. The number of methoxy groups -OCH3 is 1. The summed E-state index contributed by atoms with van der Waals surface area (Å²) >= 11 is 0. The molecule has 0 saturated carbocycles. The van der Waals surface area contributed by atoms with Gasteiger partial charge in [-0.1, -0.05) is 12.1 Å². The highest BCUT2D eigenvalue weighted by molar-refractivity contribution is 5.90. The molecule has 0 aliphatic carbocycles. The van der Waals surface area contributed by atoms with Crippen LogP contribution in [0.1, 0.15) is 0 Å². The number of para-hydroxylation sites is 1. The SMILES string of the molecule is COCCNC(=O)Cn1ccc2cccc([N+](=O)[O-])c21. The molecule has 7 nitrogen and oxygen atoms in total. The first kappa shape index (κ1) is 14.0. The van der Waals surface area contributed by atoms with Crippen molar-refractivity contribution in [3.63, 3.8) is 0 Å².